The summed E-state index contributed by atoms with van der Waals surface area (Å²) in [6.07, 6.45) is 0. The highest BCUT2D eigenvalue weighted by Gasteiger charge is 2.21. The summed E-state index contributed by atoms with van der Waals surface area (Å²) >= 11 is 5.84. The third kappa shape index (κ3) is 4.36. The first-order valence-corrected chi connectivity index (χ1v) is 6.56. The summed E-state index contributed by atoms with van der Waals surface area (Å²) < 4.78 is 0. The van der Waals surface area contributed by atoms with Crippen LogP contribution in [0.15, 0.2) is 18.2 Å². The lowest BCUT2D eigenvalue weighted by Crippen LogP contribution is -2.37. The molecule has 0 aliphatic rings. The van der Waals surface area contributed by atoms with Crippen LogP contribution in [0.5, 0.6) is 0 Å². The molecule has 5 nitrogen and oxygen atoms in total. The second-order valence-corrected chi connectivity index (χ2v) is 5.42. The largest absolute Gasteiger partial charge is 0.362 e. The van der Waals surface area contributed by atoms with Crippen molar-refractivity contribution >= 4 is 23.0 Å². The Bertz CT molecular complexity index is 450. The molecule has 0 bridgehead atoms. The van der Waals surface area contributed by atoms with Gasteiger partial charge in [0.1, 0.15) is 5.69 Å². The van der Waals surface area contributed by atoms with Crippen LogP contribution in [0.4, 0.5) is 11.4 Å². The molecule has 0 heterocycles. The summed E-state index contributed by atoms with van der Waals surface area (Å²) in [7, 11) is 3.96. The van der Waals surface area contributed by atoms with Gasteiger partial charge in [-0.2, -0.15) is 0 Å². The normalized spacial score (nSPS) is 11.1. The van der Waals surface area contributed by atoms with Gasteiger partial charge in [0.2, 0.25) is 0 Å². The first-order chi connectivity index (χ1) is 8.82. The number of nitrogens with zero attached hydrogens (tertiary/aromatic N) is 3. The van der Waals surface area contributed by atoms with Gasteiger partial charge >= 0.3 is 0 Å². The number of hydrogen-bond acceptors (Lipinski definition) is 4. The molecule has 0 saturated carbocycles. The monoisotopic (exact) mass is 285 g/mol. The molecule has 0 atom stereocenters. The zero-order chi connectivity index (χ0) is 14.6. The van der Waals surface area contributed by atoms with E-state index in [-0.39, 0.29) is 16.7 Å². The van der Waals surface area contributed by atoms with Gasteiger partial charge in [-0.3, -0.25) is 10.1 Å². The number of benzene rings is 1. The molecule has 0 amide bonds. The second-order valence-electron chi connectivity index (χ2n) is 4.98. The summed E-state index contributed by atoms with van der Waals surface area (Å²) in [5, 5.41) is 11.5. The standard InChI is InChI=1S/C13H20ClN3O2/c1-10(2)16(8-7-15(3)4)12-6-5-11(14)9-13(12)17(18)19/h5-6,9-10H,7-8H2,1-4H3. The van der Waals surface area contributed by atoms with Crippen LogP contribution in [0, 0.1) is 10.1 Å². The number of halogens is 1. The van der Waals surface area contributed by atoms with Crippen LogP contribution in [0.1, 0.15) is 13.8 Å². The van der Waals surface area contributed by atoms with Gasteiger partial charge in [0, 0.05) is 30.2 Å². The average Bonchev–Trinajstić information content (AvgIpc) is 2.29. The Labute approximate surface area is 118 Å². The lowest BCUT2D eigenvalue weighted by molar-refractivity contribution is -0.384. The molecule has 0 saturated heterocycles. The van der Waals surface area contributed by atoms with Crippen molar-refractivity contribution in [3.8, 4) is 0 Å². The minimum atomic E-state index is -0.383. The van der Waals surface area contributed by atoms with Crippen LogP contribution in [0.25, 0.3) is 0 Å². The number of anilines is 1. The topological polar surface area (TPSA) is 49.6 Å². The van der Waals surface area contributed by atoms with E-state index in [1.165, 1.54) is 6.07 Å². The van der Waals surface area contributed by atoms with E-state index >= 15 is 0 Å². The Balaban J connectivity index is 3.11. The first-order valence-electron chi connectivity index (χ1n) is 6.18. The summed E-state index contributed by atoms with van der Waals surface area (Å²) in [4.78, 5) is 14.8. The number of rotatable bonds is 6. The molecule has 0 aliphatic heterocycles. The Hall–Kier alpha value is -1.33. The third-order valence-corrected chi connectivity index (χ3v) is 3.09. The predicted octanol–water partition coefficient (Wildman–Crippen LogP) is 3.02. The maximum atomic E-state index is 11.1. The van der Waals surface area contributed by atoms with Gasteiger partial charge in [-0.05, 0) is 40.1 Å². The van der Waals surface area contributed by atoms with Crippen LogP contribution in [0.2, 0.25) is 5.02 Å². The number of likely N-dealkylation sites (N-methyl/N-ethyl adjacent to an activating group) is 1. The minimum Gasteiger partial charge on any atom is -0.362 e. The second kappa shape index (κ2) is 6.73. The quantitative estimate of drug-likeness (QED) is 0.595. The lowest BCUT2D eigenvalue weighted by atomic mass is 10.2. The van der Waals surface area contributed by atoms with Gasteiger partial charge in [-0.15, -0.1) is 0 Å². The van der Waals surface area contributed by atoms with E-state index in [4.69, 9.17) is 11.6 Å². The van der Waals surface area contributed by atoms with E-state index in [9.17, 15) is 10.1 Å². The van der Waals surface area contributed by atoms with Crippen molar-refractivity contribution in [3.63, 3.8) is 0 Å². The SMILES string of the molecule is CC(C)N(CCN(C)C)c1ccc(Cl)cc1[N+](=O)[O-]. The number of nitro groups is 1. The van der Waals surface area contributed by atoms with Gasteiger partial charge in [0.05, 0.1) is 4.92 Å². The van der Waals surface area contributed by atoms with Crippen molar-refractivity contribution in [2.45, 2.75) is 19.9 Å². The fourth-order valence-electron chi connectivity index (χ4n) is 1.85. The number of hydrogen-bond donors (Lipinski definition) is 0. The fourth-order valence-corrected chi connectivity index (χ4v) is 2.02. The fraction of sp³-hybridized carbons (Fsp3) is 0.538. The van der Waals surface area contributed by atoms with E-state index in [2.05, 4.69) is 4.90 Å². The maximum absolute atomic E-state index is 11.1. The molecule has 106 valence electrons. The van der Waals surface area contributed by atoms with E-state index in [0.717, 1.165) is 13.1 Å². The average molecular weight is 286 g/mol. The van der Waals surface area contributed by atoms with Gasteiger partial charge in [-0.1, -0.05) is 11.6 Å². The van der Waals surface area contributed by atoms with E-state index in [0.29, 0.717) is 10.7 Å². The molecular formula is C13H20ClN3O2. The predicted molar refractivity (Wildman–Crippen MR) is 79.1 cm³/mol. The zero-order valence-corrected chi connectivity index (χ0v) is 12.5. The molecule has 0 fully saturated rings. The smallest absolute Gasteiger partial charge is 0.294 e. The summed E-state index contributed by atoms with van der Waals surface area (Å²) in [5.41, 5.74) is 0.672. The van der Waals surface area contributed by atoms with Gasteiger partial charge in [0.15, 0.2) is 0 Å². The highest BCUT2D eigenvalue weighted by molar-refractivity contribution is 6.30. The van der Waals surface area contributed by atoms with Gasteiger partial charge in [0.25, 0.3) is 5.69 Å². The van der Waals surface area contributed by atoms with Crippen LogP contribution in [-0.4, -0.2) is 43.0 Å². The summed E-state index contributed by atoms with van der Waals surface area (Å²) in [6.45, 7) is 5.60. The van der Waals surface area contributed by atoms with Crippen molar-refractivity contribution in [1.29, 1.82) is 0 Å². The molecule has 0 aromatic heterocycles. The molecule has 0 N–H and O–H groups in total. The van der Waals surface area contributed by atoms with Crippen molar-refractivity contribution in [1.82, 2.24) is 4.90 Å². The summed E-state index contributed by atoms with van der Waals surface area (Å²) in [5.74, 6) is 0. The van der Waals surface area contributed by atoms with E-state index < -0.39 is 0 Å². The number of nitro benzene ring substituents is 1. The van der Waals surface area contributed by atoms with Crippen LogP contribution >= 0.6 is 11.6 Å². The molecule has 0 aliphatic carbocycles. The van der Waals surface area contributed by atoms with Gasteiger partial charge < -0.3 is 9.80 Å². The summed E-state index contributed by atoms with van der Waals surface area (Å²) in [6, 6.07) is 4.99. The highest BCUT2D eigenvalue weighted by atomic mass is 35.5. The molecule has 1 rings (SSSR count). The third-order valence-electron chi connectivity index (χ3n) is 2.86. The molecule has 6 heteroatoms. The van der Waals surface area contributed by atoms with Crippen molar-refractivity contribution in [3.05, 3.63) is 33.3 Å². The molecule has 1 aromatic rings. The molecule has 0 unspecified atom stereocenters. The van der Waals surface area contributed by atoms with Crippen LogP contribution in [0.3, 0.4) is 0 Å². The Morgan fingerprint density at radius 1 is 1.32 bits per heavy atom. The van der Waals surface area contributed by atoms with Crippen molar-refractivity contribution in [2.24, 2.45) is 0 Å². The van der Waals surface area contributed by atoms with Crippen molar-refractivity contribution < 1.29 is 4.92 Å². The molecule has 1 aromatic carbocycles. The molecular weight excluding hydrogens is 266 g/mol. The van der Waals surface area contributed by atoms with E-state index in [1.807, 2.05) is 32.8 Å². The first kappa shape index (κ1) is 15.7. The maximum Gasteiger partial charge on any atom is 0.294 e. The Morgan fingerprint density at radius 2 is 1.95 bits per heavy atom. The molecule has 0 spiro atoms. The van der Waals surface area contributed by atoms with Gasteiger partial charge in [-0.25, -0.2) is 0 Å². The van der Waals surface area contributed by atoms with Crippen LogP contribution < -0.4 is 4.90 Å². The Kier molecular flexibility index (Phi) is 5.57. The Morgan fingerprint density at radius 3 is 2.42 bits per heavy atom. The highest BCUT2D eigenvalue weighted by Crippen LogP contribution is 2.32. The van der Waals surface area contributed by atoms with Crippen LogP contribution in [-0.2, 0) is 0 Å². The van der Waals surface area contributed by atoms with Crippen molar-refractivity contribution in [2.75, 3.05) is 32.1 Å². The minimum absolute atomic E-state index is 0.0555. The van der Waals surface area contributed by atoms with E-state index in [1.54, 1.807) is 12.1 Å². The lowest BCUT2D eigenvalue weighted by Gasteiger charge is -2.29. The molecule has 19 heavy (non-hydrogen) atoms. The molecule has 0 radical (unpaired) electrons. The zero-order valence-electron chi connectivity index (χ0n) is 11.8.